The van der Waals surface area contributed by atoms with Crippen LogP contribution in [0.2, 0.25) is 0 Å². The normalized spacial score (nSPS) is 25.1. The molecule has 0 bridgehead atoms. The summed E-state index contributed by atoms with van der Waals surface area (Å²) in [6.07, 6.45) is 7.89. The molecule has 96 valence electrons. The Morgan fingerprint density at radius 1 is 1.18 bits per heavy atom. The Labute approximate surface area is 106 Å². The lowest BCUT2D eigenvalue weighted by atomic mass is 9.80. The van der Waals surface area contributed by atoms with Gasteiger partial charge in [-0.05, 0) is 55.2 Å². The van der Waals surface area contributed by atoms with Crippen LogP contribution in [0.25, 0.3) is 0 Å². The van der Waals surface area contributed by atoms with Crippen molar-refractivity contribution in [1.82, 2.24) is 0 Å². The molecule has 2 aliphatic rings. The van der Waals surface area contributed by atoms with Gasteiger partial charge in [0, 0.05) is 5.92 Å². The third kappa shape index (κ3) is 2.29. The van der Waals surface area contributed by atoms with E-state index in [1.807, 2.05) is 0 Å². The number of allylic oxidation sites excluding steroid dienone is 3. The first kappa shape index (κ1) is 12.7. The summed E-state index contributed by atoms with van der Waals surface area (Å²) >= 11 is 0. The van der Waals surface area contributed by atoms with E-state index in [-0.39, 0.29) is 0 Å². The van der Waals surface area contributed by atoms with Crippen LogP contribution in [0.15, 0.2) is 22.5 Å². The monoisotopic (exact) mass is 234 g/mol. The van der Waals surface area contributed by atoms with Crippen LogP contribution in [0.1, 0.15) is 66.2 Å². The summed E-state index contributed by atoms with van der Waals surface area (Å²) in [6, 6.07) is 0. The van der Waals surface area contributed by atoms with Crippen molar-refractivity contribution in [2.24, 2.45) is 5.92 Å². The minimum Gasteiger partial charge on any atom is -0.490 e. The number of rotatable bonds is 3. The lowest BCUT2D eigenvalue weighted by Gasteiger charge is -2.36. The number of hydrogen-bond donors (Lipinski definition) is 0. The van der Waals surface area contributed by atoms with Gasteiger partial charge in [-0.3, -0.25) is 0 Å². The Morgan fingerprint density at radius 3 is 2.47 bits per heavy atom. The van der Waals surface area contributed by atoms with E-state index in [0.29, 0.717) is 12.0 Å². The van der Waals surface area contributed by atoms with Crippen LogP contribution in [0.3, 0.4) is 0 Å². The Morgan fingerprint density at radius 2 is 1.88 bits per heavy atom. The molecule has 0 spiro atoms. The largest absolute Gasteiger partial charge is 0.490 e. The molecule has 0 aromatic heterocycles. The lowest BCUT2D eigenvalue weighted by Crippen LogP contribution is -2.26. The van der Waals surface area contributed by atoms with E-state index < -0.39 is 0 Å². The highest BCUT2D eigenvalue weighted by Gasteiger charge is 2.30. The highest BCUT2D eigenvalue weighted by molar-refractivity contribution is 5.43. The third-order valence-corrected chi connectivity index (χ3v) is 4.08. The van der Waals surface area contributed by atoms with Crippen molar-refractivity contribution >= 4 is 0 Å². The topological polar surface area (TPSA) is 9.23 Å². The van der Waals surface area contributed by atoms with Gasteiger partial charge < -0.3 is 4.74 Å². The van der Waals surface area contributed by atoms with Gasteiger partial charge in [0.05, 0.1) is 0 Å². The van der Waals surface area contributed by atoms with Crippen molar-refractivity contribution in [3.05, 3.63) is 22.5 Å². The highest BCUT2D eigenvalue weighted by Crippen LogP contribution is 2.42. The Bertz CT molecular complexity index is 347. The maximum Gasteiger partial charge on any atom is 0.120 e. The fourth-order valence-electron chi connectivity index (χ4n) is 3.27. The van der Waals surface area contributed by atoms with Crippen molar-refractivity contribution < 1.29 is 4.74 Å². The molecule has 1 aliphatic carbocycles. The fourth-order valence-corrected chi connectivity index (χ4v) is 3.27. The first-order valence-electron chi connectivity index (χ1n) is 7.30. The van der Waals surface area contributed by atoms with Gasteiger partial charge in [0.1, 0.15) is 11.9 Å². The van der Waals surface area contributed by atoms with E-state index >= 15 is 0 Å². The predicted molar refractivity (Wildman–Crippen MR) is 72.8 cm³/mol. The molecule has 1 nitrogen and oxygen atoms in total. The van der Waals surface area contributed by atoms with Gasteiger partial charge in [-0.2, -0.15) is 0 Å². The van der Waals surface area contributed by atoms with E-state index in [2.05, 4.69) is 27.7 Å². The van der Waals surface area contributed by atoms with Gasteiger partial charge in [0.25, 0.3) is 0 Å². The summed E-state index contributed by atoms with van der Waals surface area (Å²) in [6.45, 7) is 9.03. The lowest BCUT2D eigenvalue weighted by molar-refractivity contribution is 0.106. The SMILES string of the molecule is CCC1=C(C(C)C)OC(CC)C2=C1CCCC2. The Balaban J connectivity index is 2.44. The van der Waals surface area contributed by atoms with Gasteiger partial charge in [-0.1, -0.05) is 27.7 Å². The van der Waals surface area contributed by atoms with Crippen molar-refractivity contribution in [3.63, 3.8) is 0 Å². The molecule has 1 aliphatic heterocycles. The van der Waals surface area contributed by atoms with Crippen LogP contribution in [0.4, 0.5) is 0 Å². The molecule has 1 atom stereocenters. The summed E-state index contributed by atoms with van der Waals surface area (Å²) < 4.78 is 6.29. The first-order valence-corrected chi connectivity index (χ1v) is 7.30. The summed E-state index contributed by atoms with van der Waals surface area (Å²) in [5, 5.41) is 0. The molecule has 2 rings (SSSR count). The summed E-state index contributed by atoms with van der Waals surface area (Å²) in [7, 11) is 0. The minimum absolute atomic E-state index is 0.373. The van der Waals surface area contributed by atoms with Crippen molar-refractivity contribution in [1.29, 1.82) is 0 Å². The van der Waals surface area contributed by atoms with Crippen LogP contribution in [0.5, 0.6) is 0 Å². The highest BCUT2D eigenvalue weighted by atomic mass is 16.5. The van der Waals surface area contributed by atoms with E-state index in [4.69, 9.17) is 4.74 Å². The molecule has 1 unspecified atom stereocenters. The van der Waals surface area contributed by atoms with Gasteiger partial charge >= 0.3 is 0 Å². The van der Waals surface area contributed by atoms with Crippen LogP contribution < -0.4 is 0 Å². The molecule has 17 heavy (non-hydrogen) atoms. The smallest absolute Gasteiger partial charge is 0.120 e. The minimum atomic E-state index is 0.373. The third-order valence-electron chi connectivity index (χ3n) is 4.08. The van der Waals surface area contributed by atoms with E-state index in [1.165, 1.54) is 37.0 Å². The zero-order chi connectivity index (χ0) is 12.4. The quantitative estimate of drug-likeness (QED) is 0.668. The molecular formula is C16H26O. The summed E-state index contributed by atoms with van der Waals surface area (Å²) in [4.78, 5) is 0. The standard InChI is InChI=1S/C16H26O/c1-5-12-13-9-7-8-10-14(13)15(6-2)17-16(12)11(3)4/h11,15H,5-10H2,1-4H3. The second-order valence-corrected chi connectivity index (χ2v) is 5.58. The zero-order valence-electron chi connectivity index (χ0n) is 11.8. The van der Waals surface area contributed by atoms with Crippen LogP contribution >= 0.6 is 0 Å². The zero-order valence-corrected chi connectivity index (χ0v) is 11.8. The Kier molecular flexibility index (Phi) is 3.96. The average molecular weight is 234 g/mol. The molecular weight excluding hydrogens is 208 g/mol. The molecule has 0 aromatic rings. The molecule has 0 radical (unpaired) electrons. The number of ether oxygens (including phenoxy) is 1. The van der Waals surface area contributed by atoms with Gasteiger partial charge in [-0.15, -0.1) is 0 Å². The molecule has 0 fully saturated rings. The molecule has 0 saturated carbocycles. The average Bonchev–Trinajstić information content (AvgIpc) is 2.36. The summed E-state index contributed by atoms with van der Waals surface area (Å²) in [5.74, 6) is 1.80. The van der Waals surface area contributed by atoms with Crippen molar-refractivity contribution in [3.8, 4) is 0 Å². The summed E-state index contributed by atoms with van der Waals surface area (Å²) in [5.41, 5.74) is 4.82. The van der Waals surface area contributed by atoms with Crippen LogP contribution in [0, 0.1) is 5.92 Å². The van der Waals surface area contributed by atoms with Crippen molar-refractivity contribution in [2.45, 2.75) is 72.3 Å². The maximum absolute atomic E-state index is 6.29. The first-order chi connectivity index (χ1) is 8.19. The fraction of sp³-hybridized carbons (Fsp3) is 0.750. The van der Waals surface area contributed by atoms with Gasteiger partial charge in [-0.25, -0.2) is 0 Å². The number of hydrogen-bond acceptors (Lipinski definition) is 1. The van der Waals surface area contributed by atoms with Crippen LogP contribution in [-0.4, -0.2) is 6.10 Å². The molecule has 1 heteroatoms. The van der Waals surface area contributed by atoms with E-state index in [1.54, 1.807) is 11.1 Å². The molecule has 0 amide bonds. The van der Waals surface area contributed by atoms with Gasteiger partial charge in [0.2, 0.25) is 0 Å². The van der Waals surface area contributed by atoms with Crippen LogP contribution in [-0.2, 0) is 4.74 Å². The Hall–Kier alpha value is -0.720. The second kappa shape index (κ2) is 5.29. The second-order valence-electron chi connectivity index (χ2n) is 5.58. The predicted octanol–water partition coefficient (Wildman–Crippen LogP) is 4.99. The van der Waals surface area contributed by atoms with Crippen molar-refractivity contribution in [2.75, 3.05) is 0 Å². The van der Waals surface area contributed by atoms with E-state index in [9.17, 15) is 0 Å². The molecule has 1 heterocycles. The van der Waals surface area contributed by atoms with Gasteiger partial charge in [0.15, 0.2) is 0 Å². The van der Waals surface area contributed by atoms with E-state index in [0.717, 1.165) is 12.8 Å². The maximum atomic E-state index is 6.29. The molecule has 0 aromatic carbocycles. The molecule has 0 N–H and O–H groups in total. The molecule has 0 saturated heterocycles.